The van der Waals surface area contributed by atoms with Gasteiger partial charge in [0.25, 0.3) is 0 Å². The highest BCUT2D eigenvalue weighted by molar-refractivity contribution is 8.12. The first-order chi connectivity index (χ1) is 2.50. The molecule has 0 saturated heterocycles. The van der Waals surface area contributed by atoms with Crippen LogP contribution in [-0.4, -0.2) is 17.8 Å². The average molecular weight is 87.1 g/mol. The molecule has 1 aliphatic heterocycles. The van der Waals surface area contributed by atoms with Gasteiger partial charge < -0.3 is 0 Å². The molecule has 0 atom stereocenters. The van der Waals surface area contributed by atoms with Crippen molar-refractivity contribution in [3.63, 3.8) is 0 Å². The van der Waals surface area contributed by atoms with Gasteiger partial charge in [0.05, 0.1) is 0 Å². The Morgan fingerprint density at radius 1 is 2.00 bits per heavy atom. The molecule has 0 aromatic rings. The third-order valence-corrected chi connectivity index (χ3v) is 1.08. The second kappa shape index (κ2) is 1.45. The normalized spacial score (nSPS) is 20.8. The number of aliphatic imine (C=N–C) groups is 1. The van der Waals surface area contributed by atoms with Crippen molar-refractivity contribution in [3.05, 3.63) is 0 Å². The van der Waals surface area contributed by atoms with Crippen LogP contribution in [0.1, 0.15) is 1.43 Å². The van der Waals surface area contributed by atoms with Crippen molar-refractivity contribution >= 4 is 17.3 Å². The van der Waals surface area contributed by atoms with Gasteiger partial charge in [0.1, 0.15) is 5.55 Å². The first kappa shape index (κ1) is 3.22. The number of hydrogen-bond donors (Lipinski definition) is 0. The van der Waals surface area contributed by atoms with E-state index in [-0.39, 0.29) is 1.43 Å². The van der Waals surface area contributed by atoms with Crippen LogP contribution >= 0.6 is 11.8 Å². The zero-order valence-corrected chi connectivity index (χ0v) is 3.59. The molecule has 0 amide bonds. The predicted octanol–water partition coefficient (Wildman–Crippen LogP) is 0.751. The van der Waals surface area contributed by atoms with Gasteiger partial charge >= 0.3 is 1.43 Å². The summed E-state index contributed by atoms with van der Waals surface area (Å²) in [7, 11) is 0. The zero-order valence-electron chi connectivity index (χ0n) is 3.77. The lowest BCUT2D eigenvalue weighted by Gasteiger charge is -1.66. The summed E-state index contributed by atoms with van der Waals surface area (Å²) in [6.07, 6.45) is 0. The summed E-state index contributed by atoms with van der Waals surface area (Å²) in [4.78, 5) is 3.80. The number of hydrogen-bond acceptors (Lipinski definition) is 2. The van der Waals surface area contributed by atoms with Gasteiger partial charge in [0, 0.05) is 12.3 Å². The molecule has 1 rings (SSSR count). The van der Waals surface area contributed by atoms with Crippen LogP contribution in [0, 0.1) is 0 Å². The van der Waals surface area contributed by atoms with Crippen molar-refractivity contribution in [2.45, 2.75) is 0 Å². The summed E-state index contributed by atoms with van der Waals surface area (Å²) in [5.41, 5.74) is 2.76. The monoisotopic (exact) mass is 87.0 g/mol. The van der Waals surface area contributed by atoms with Gasteiger partial charge in [-0.2, -0.15) is 0 Å². The summed E-state index contributed by atoms with van der Waals surface area (Å²) in [5, 5.41) is 0. The SMILES string of the molecule is [C]1=NCCS1.[H+]. The average Bonchev–Trinajstić information content (AvgIpc) is 1.76. The van der Waals surface area contributed by atoms with E-state index >= 15 is 0 Å². The Bertz CT molecular complexity index is 48.8. The lowest BCUT2D eigenvalue weighted by molar-refractivity contribution is 1.18. The van der Waals surface area contributed by atoms with Crippen molar-refractivity contribution in [2.75, 3.05) is 12.3 Å². The Morgan fingerprint density at radius 3 is 3.20 bits per heavy atom. The van der Waals surface area contributed by atoms with Crippen LogP contribution in [0.15, 0.2) is 4.99 Å². The zero-order chi connectivity index (χ0) is 3.54. The van der Waals surface area contributed by atoms with Crippen LogP contribution in [0.2, 0.25) is 0 Å². The maximum atomic E-state index is 3.80. The van der Waals surface area contributed by atoms with E-state index in [1.807, 2.05) is 0 Å². The molecule has 0 unspecified atom stereocenters. The summed E-state index contributed by atoms with van der Waals surface area (Å²) in [5.74, 6) is 1.14. The number of thioether (sulfide) groups is 1. The van der Waals surface area contributed by atoms with Gasteiger partial charge in [0.15, 0.2) is 0 Å². The Kier molecular flexibility index (Phi) is 0.937. The van der Waals surface area contributed by atoms with Crippen molar-refractivity contribution in [3.8, 4) is 0 Å². The molecule has 0 aromatic heterocycles. The summed E-state index contributed by atoms with van der Waals surface area (Å²) in [6.45, 7) is 0.977. The van der Waals surface area contributed by atoms with Gasteiger partial charge in [-0.3, -0.25) is 4.99 Å². The van der Waals surface area contributed by atoms with Gasteiger partial charge in [0.2, 0.25) is 0 Å². The first-order valence-electron chi connectivity index (χ1n) is 1.53. The molecule has 0 spiro atoms. The Balaban J connectivity index is 0.000000250. The lowest BCUT2D eigenvalue weighted by atomic mass is 10.8. The predicted molar refractivity (Wildman–Crippen MR) is 25.9 cm³/mol. The molecule has 0 bridgehead atoms. The Hall–Kier alpha value is 0.0200. The van der Waals surface area contributed by atoms with Crippen LogP contribution in [0.4, 0.5) is 0 Å². The first-order valence-corrected chi connectivity index (χ1v) is 2.52. The van der Waals surface area contributed by atoms with E-state index < -0.39 is 0 Å². The Labute approximate surface area is 37.0 Å². The molecule has 27 valence electrons. The fraction of sp³-hybridized carbons (Fsp3) is 0.667. The minimum Gasteiger partial charge on any atom is -0.275 e. The standard InChI is InChI=1S/C3H4NS/c1-2-5-3-4-1/h1-2H2/p+1. The molecule has 0 saturated carbocycles. The molecular formula is C3H5NS+. The fourth-order valence-corrected chi connectivity index (χ4v) is 0.685. The topological polar surface area (TPSA) is 12.4 Å². The van der Waals surface area contributed by atoms with E-state index in [1.165, 1.54) is 0 Å². The highest BCUT2D eigenvalue weighted by Gasteiger charge is 1.87. The molecule has 1 nitrogen and oxygen atoms in total. The smallest absolute Gasteiger partial charge is 0.275 e. The molecule has 0 N–H and O–H groups in total. The van der Waals surface area contributed by atoms with E-state index in [9.17, 15) is 0 Å². The molecule has 5 heavy (non-hydrogen) atoms. The van der Waals surface area contributed by atoms with Crippen molar-refractivity contribution in [1.82, 2.24) is 0 Å². The quantitative estimate of drug-likeness (QED) is 0.424. The van der Waals surface area contributed by atoms with Crippen LogP contribution in [-0.2, 0) is 0 Å². The van der Waals surface area contributed by atoms with Crippen molar-refractivity contribution in [2.24, 2.45) is 4.99 Å². The highest BCUT2D eigenvalue weighted by atomic mass is 32.2. The second-order valence-corrected chi connectivity index (χ2v) is 1.70. The molecule has 0 fully saturated rings. The highest BCUT2D eigenvalue weighted by Crippen LogP contribution is 1.99. The van der Waals surface area contributed by atoms with E-state index in [2.05, 4.69) is 10.5 Å². The maximum Gasteiger partial charge on any atom is 1.00 e. The minimum atomic E-state index is 0. The molecule has 1 radical (unpaired) electrons. The van der Waals surface area contributed by atoms with E-state index in [0.717, 1.165) is 12.3 Å². The van der Waals surface area contributed by atoms with Crippen LogP contribution in [0.3, 0.4) is 0 Å². The van der Waals surface area contributed by atoms with E-state index in [0.29, 0.717) is 0 Å². The Morgan fingerprint density at radius 2 is 3.00 bits per heavy atom. The summed E-state index contributed by atoms with van der Waals surface area (Å²) < 4.78 is 0. The van der Waals surface area contributed by atoms with Gasteiger partial charge in [-0.05, 0) is 0 Å². The lowest BCUT2D eigenvalue weighted by Crippen LogP contribution is -1.69. The van der Waals surface area contributed by atoms with Gasteiger partial charge in [-0.1, -0.05) is 0 Å². The largest absolute Gasteiger partial charge is 1.00 e. The van der Waals surface area contributed by atoms with E-state index in [4.69, 9.17) is 0 Å². The summed E-state index contributed by atoms with van der Waals surface area (Å²) in [6, 6.07) is 0. The van der Waals surface area contributed by atoms with Crippen molar-refractivity contribution in [1.29, 1.82) is 0 Å². The molecule has 1 aliphatic rings. The van der Waals surface area contributed by atoms with Crippen LogP contribution in [0.25, 0.3) is 0 Å². The second-order valence-electron chi connectivity index (χ2n) is 0.821. The number of nitrogens with zero attached hydrogens (tertiary/aromatic N) is 1. The molecule has 0 aliphatic carbocycles. The fourth-order valence-electron chi connectivity index (χ4n) is 0.228. The molecule has 1 heterocycles. The molecular weight excluding hydrogens is 82.1 g/mol. The van der Waals surface area contributed by atoms with Crippen LogP contribution < -0.4 is 0 Å². The number of rotatable bonds is 0. The minimum absolute atomic E-state index is 0. The summed E-state index contributed by atoms with van der Waals surface area (Å²) >= 11 is 1.66. The van der Waals surface area contributed by atoms with Crippen molar-refractivity contribution < 1.29 is 1.43 Å². The molecule has 2 heteroatoms. The third kappa shape index (κ3) is 0.651. The van der Waals surface area contributed by atoms with Crippen LogP contribution in [0.5, 0.6) is 0 Å². The maximum absolute atomic E-state index is 3.80. The van der Waals surface area contributed by atoms with Gasteiger partial charge in [-0.25, -0.2) is 0 Å². The van der Waals surface area contributed by atoms with E-state index in [1.54, 1.807) is 11.8 Å². The van der Waals surface area contributed by atoms with Gasteiger partial charge in [-0.15, -0.1) is 11.8 Å². The molecule has 0 aromatic carbocycles. The third-order valence-electron chi connectivity index (χ3n) is 0.434.